The van der Waals surface area contributed by atoms with Gasteiger partial charge in [-0.25, -0.2) is 4.99 Å². The predicted octanol–water partition coefficient (Wildman–Crippen LogP) is 2.07. The molecule has 3 N–H and O–H groups in total. The Hall–Kier alpha value is -2.76. The van der Waals surface area contributed by atoms with Gasteiger partial charge in [0.25, 0.3) is 5.91 Å². The monoisotopic (exact) mass is 328 g/mol. The van der Waals surface area contributed by atoms with E-state index >= 15 is 0 Å². The molecule has 128 valence electrons. The number of aryl methyl sites for hydroxylation is 1. The summed E-state index contributed by atoms with van der Waals surface area (Å²) in [6.07, 6.45) is 1.48. The average molecular weight is 328 g/mol. The van der Waals surface area contributed by atoms with Crippen molar-refractivity contribution in [3.63, 3.8) is 0 Å². The molecule has 0 aliphatic rings. The molecular formula is C18H24N4O2. The average Bonchev–Trinajstić information content (AvgIpc) is 3.12. The molecule has 1 heterocycles. The Bertz CT molecular complexity index is 648. The van der Waals surface area contributed by atoms with Crippen LogP contribution in [0.3, 0.4) is 0 Å². The minimum absolute atomic E-state index is 0.219. The third-order valence-corrected chi connectivity index (χ3v) is 3.33. The van der Waals surface area contributed by atoms with Crippen molar-refractivity contribution in [1.29, 1.82) is 0 Å². The molecule has 0 spiro atoms. The van der Waals surface area contributed by atoms with Crippen LogP contribution in [0.4, 0.5) is 0 Å². The molecule has 1 aromatic carbocycles. The van der Waals surface area contributed by atoms with Crippen molar-refractivity contribution < 1.29 is 9.21 Å². The molecule has 0 atom stereocenters. The van der Waals surface area contributed by atoms with Crippen LogP contribution in [-0.4, -0.2) is 31.5 Å². The number of hydrogen-bond donors (Lipinski definition) is 3. The summed E-state index contributed by atoms with van der Waals surface area (Å²) in [5.41, 5.74) is 2.39. The van der Waals surface area contributed by atoms with Crippen LogP contribution in [0.1, 0.15) is 28.6 Å². The van der Waals surface area contributed by atoms with E-state index < -0.39 is 0 Å². The fourth-order valence-corrected chi connectivity index (χ4v) is 2.06. The molecule has 1 amide bonds. The molecule has 0 bridgehead atoms. The molecule has 6 heteroatoms. The van der Waals surface area contributed by atoms with Gasteiger partial charge in [0, 0.05) is 19.6 Å². The van der Waals surface area contributed by atoms with Crippen molar-refractivity contribution in [2.75, 3.05) is 19.6 Å². The number of furan rings is 1. The molecule has 0 unspecified atom stereocenters. The molecule has 0 saturated heterocycles. The summed E-state index contributed by atoms with van der Waals surface area (Å²) in [5.74, 6) is 0.823. The number of rotatable bonds is 7. The van der Waals surface area contributed by atoms with E-state index in [1.54, 1.807) is 12.1 Å². The summed E-state index contributed by atoms with van der Waals surface area (Å²) in [6, 6.07) is 11.6. The first-order chi connectivity index (χ1) is 11.7. The van der Waals surface area contributed by atoms with Crippen LogP contribution in [0.2, 0.25) is 0 Å². The number of aliphatic imine (C=N–C) groups is 1. The van der Waals surface area contributed by atoms with E-state index in [9.17, 15) is 4.79 Å². The second kappa shape index (κ2) is 9.39. The summed E-state index contributed by atoms with van der Waals surface area (Å²) in [7, 11) is 0. The summed E-state index contributed by atoms with van der Waals surface area (Å²) < 4.78 is 5.04. The highest BCUT2D eigenvalue weighted by atomic mass is 16.3. The maximum Gasteiger partial charge on any atom is 0.287 e. The first-order valence-electron chi connectivity index (χ1n) is 8.08. The number of amides is 1. The maximum atomic E-state index is 11.7. The van der Waals surface area contributed by atoms with E-state index in [1.165, 1.54) is 11.8 Å². The van der Waals surface area contributed by atoms with Gasteiger partial charge in [0.1, 0.15) is 0 Å². The number of nitrogens with zero attached hydrogens (tertiary/aromatic N) is 1. The van der Waals surface area contributed by atoms with E-state index in [-0.39, 0.29) is 5.91 Å². The van der Waals surface area contributed by atoms with Gasteiger partial charge in [0.05, 0.1) is 12.8 Å². The van der Waals surface area contributed by atoms with Crippen molar-refractivity contribution in [1.82, 2.24) is 16.0 Å². The van der Waals surface area contributed by atoms with Crippen LogP contribution in [-0.2, 0) is 6.54 Å². The first-order valence-corrected chi connectivity index (χ1v) is 8.08. The molecule has 2 rings (SSSR count). The van der Waals surface area contributed by atoms with E-state index in [4.69, 9.17) is 4.42 Å². The van der Waals surface area contributed by atoms with E-state index in [0.29, 0.717) is 25.4 Å². The molecule has 1 aromatic heterocycles. The molecular weight excluding hydrogens is 304 g/mol. The Morgan fingerprint density at radius 2 is 1.83 bits per heavy atom. The first kappa shape index (κ1) is 17.6. The number of hydrogen-bond acceptors (Lipinski definition) is 3. The van der Waals surface area contributed by atoms with Crippen molar-refractivity contribution >= 4 is 11.9 Å². The van der Waals surface area contributed by atoms with Gasteiger partial charge < -0.3 is 20.4 Å². The molecule has 24 heavy (non-hydrogen) atoms. The molecule has 0 fully saturated rings. The SMILES string of the molecule is CCNC(=NCc1ccc(C)cc1)NCCNC(=O)c1ccco1. The lowest BCUT2D eigenvalue weighted by molar-refractivity contribution is 0.0926. The zero-order valence-corrected chi connectivity index (χ0v) is 14.1. The Morgan fingerprint density at radius 3 is 2.50 bits per heavy atom. The normalized spacial score (nSPS) is 11.2. The third kappa shape index (κ3) is 5.79. The molecule has 0 aliphatic heterocycles. The van der Waals surface area contributed by atoms with E-state index in [1.807, 2.05) is 6.92 Å². The minimum Gasteiger partial charge on any atom is -0.459 e. The lowest BCUT2D eigenvalue weighted by Gasteiger charge is -2.11. The number of benzene rings is 1. The van der Waals surface area contributed by atoms with Gasteiger partial charge in [-0.05, 0) is 31.5 Å². The van der Waals surface area contributed by atoms with Crippen LogP contribution in [0.15, 0.2) is 52.1 Å². The third-order valence-electron chi connectivity index (χ3n) is 3.33. The number of nitrogens with one attached hydrogen (secondary N) is 3. The van der Waals surface area contributed by atoms with Gasteiger partial charge in [0.2, 0.25) is 0 Å². The topological polar surface area (TPSA) is 78.7 Å². The highest BCUT2D eigenvalue weighted by molar-refractivity contribution is 5.91. The summed E-state index contributed by atoms with van der Waals surface area (Å²) in [5, 5.41) is 9.17. The second-order valence-electron chi connectivity index (χ2n) is 5.34. The quantitative estimate of drug-likeness (QED) is 0.413. The van der Waals surface area contributed by atoms with Crippen LogP contribution < -0.4 is 16.0 Å². The smallest absolute Gasteiger partial charge is 0.287 e. The van der Waals surface area contributed by atoms with Crippen LogP contribution in [0.25, 0.3) is 0 Å². The molecule has 6 nitrogen and oxygen atoms in total. The summed E-state index contributed by atoms with van der Waals surface area (Å²) in [6.45, 7) is 6.52. The zero-order valence-electron chi connectivity index (χ0n) is 14.1. The van der Waals surface area contributed by atoms with Gasteiger partial charge in [0.15, 0.2) is 11.7 Å². The van der Waals surface area contributed by atoms with Crippen LogP contribution in [0.5, 0.6) is 0 Å². The fraction of sp³-hybridized carbons (Fsp3) is 0.333. The number of carbonyl (C=O) groups is 1. The second-order valence-corrected chi connectivity index (χ2v) is 5.34. The number of carbonyl (C=O) groups excluding carboxylic acids is 1. The van der Waals surface area contributed by atoms with Crippen molar-refractivity contribution in [3.05, 3.63) is 59.5 Å². The molecule has 2 aromatic rings. The van der Waals surface area contributed by atoms with Gasteiger partial charge >= 0.3 is 0 Å². The Labute approximate surface area is 142 Å². The van der Waals surface area contributed by atoms with Crippen molar-refractivity contribution in [3.8, 4) is 0 Å². The maximum absolute atomic E-state index is 11.7. The fourth-order valence-electron chi connectivity index (χ4n) is 2.06. The lowest BCUT2D eigenvalue weighted by Crippen LogP contribution is -2.41. The summed E-state index contributed by atoms with van der Waals surface area (Å²) in [4.78, 5) is 16.3. The highest BCUT2D eigenvalue weighted by Gasteiger charge is 2.06. The van der Waals surface area contributed by atoms with Crippen LogP contribution in [0, 0.1) is 6.92 Å². The van der Waals surface area contributed by atoms with Crippen LogP contribution >= 0.6 is 0 Å². The number of guanidine groups is 1. The molecule has 0 aliphatic carbocycles. The van der Waals surface area contributed by atoms with Gasteiger partial charge in [-0.2, -0.15) is 0 Å². The molecule has 0 radical (unpaired) electrons. The largest absolute Gasteiger partial charge is 0.459 e. The summed E-state index contributed by atoms with van der Waals surface area (Å²) >= 11 is 0. The van der Waals surface area contributed by atoms with Gasteiger partial charge in [-0.1, -0.05) is 29.8 Å². The van der Waals surface area contributed by atoms with E-state index in [0.717, 1.165) is 18.1 Å². The van der Waals surface area contributed by atoms with E-state index in [2.05, 4.69) is 52.1 Å². The minimum atomic E-state index is -0.219. The Morgan fingerprint density at radius 1 is 1.08 bits per heavy atom. The zero-order chi connectivity index (χ0) is 17.2. The Kier molecular flexibility index (Phi) is 6.89. The Balaban J connectivity index is 1.76. The van der Waals surface area contributed by atoms with Gasteiger partial charge in [-0.15, -0.1) is 0 Å². The standard InChI is InChI=1S/C18H24N4O2/c1-3-19-18(22-13-15-8-6-14(2)7-9-15)21-11-10-20-17(23)16-5-4-12-24-16/h4-9,12H,3,10-11,13H2,1-2H3,(H,20,23)(H2,19,21,22). The molecule has 0 saturated carbocycles. The van der Waals surface area contributed by atoms with Gasteiger partial charge in [-0.3, -0.25) is 4.79 Å². The predicted molar refractivity (Wildman–Crippen MR) is 95.0 cm³/mol. The van der Waals surface area contributed by atoms with Crippen molar-refractivity contribution in [2.24, 2.45) is 4.99 Å². The lowest BCUT2D eigenvalue weighted by atomic mass is 10.1. The van der Waals surface area contributed by atoms with Crippen molar-refractivity contribution in [2.45, 2.75) is 20.4 Å². The highest BCUT2D eigenvalue weighted by Crippen LogP contribution is 2.04.